The van der Waals surface area contributed by atoms with E-state index in [2.05, 4.69) is 83.5 Å². The molecule has 0 spiro atoms. The van der Waals surface area contributed by atoms with Gasteiger partial charge in [0.15, 0.2) is 0 Å². The molecule has 1 aromatic rings. The molecule has 1 atom stereocenters. The molecule has 2 rings (SSSR count). The Hall–Kier alpha value is -0.0200. The summed E-state index contributed by atoms with van der Waals surface area (Å²) in [7, 11) is 0. The molecule has 106 valence electrons. The number of anilines is 1. The van der Waals surface area contributed by atoms with Gasteiger partial charge in [-0.3, -0.25) is 0 Å². The molecule has 1 aliphatic rings. The van der Waals surface area contributed by atoms with E-state index in [-0.39, 0.29) is 10.8 Å². The summed E-state index contributed by atoms with van der Waals surface area (Å²) in [4.78, 5) is 2.52. The molecular formula is C16H23Br2N. The Labute approximate surface area is 134 Å². The minimum absolute atomic E-state index is 0.209. The van der Waals surface area contributed by atoms with Crippen molar-refractivity contribution < 1.29 is 0 Å². The monoisotopic (exact) mass is 387 g/mol. The van der Waals surface area contributed by atoms with Gasteiger partial charge in [-0.15, -0.1) is 0 Å². The van der Waals surface area contributed by atoms with Crippen LogP contribution in [0.5, 0.6) is 0 Å². The first-order valence-electron chi connectivity index (χ1n) is 7.02. The Kier molecular flexibility index (Phi) is 4.10. The summed E-state index contributed by atoms with van der Waals surface area (Å²) in [5.41, 5.74) is 3.33. The fourth-order valence-corrected chi connectivity index (χ4v) is 4.51. The number of hydrogen-bond acceptors (Lipinski definition) is 1. The Bertz CT molecular complexity index is 490. The van der Waals surface area contributed by atoms with Crippen LogP contribution in [-0.4, -0.2) is 13.1 Å². The van der Waals surface area contributed by atoms with Crippen LogP contribution >= 0.6 is 31.9 Å². The SMILES string of the molecule is CCN1CC(CC)(C(C)(C)C)c2c1ccc(Br)c2Br. The third kappa shape index (κ3) is 2.17. The van der Waals surface area contributed by atoms with Crippen LogP contribution in [0.1, 0.15) is 46.6 Å². The lowest BCUT2D eigenvalue weighted by atomic mass is 9.62. The number of fused-ring (bicyclic) bond motifs is 1. The standard InChI is InChI=1S/C16H23Br2N/c1-6-16(15(3,4)5)10-19(7-2)12-9-8-11(17)14(18)13(12)16/h8-9H,6-7,10H2,1-5H3. The zero-order valence-corrected chi connectivity index (χ0v) is 15.7. The van der Waals surface area contributed by atoms with Crippen molar-refractivity contribution in [2.75, 3.05) is 18.0 Å². The average molecular weight is 389 g/mol. The van der Waals surface area contributed by atoms with Crippen LogP contribution < -0.4 is 4.90 Å². The molecule has 19 heavy (non-hydrogen) atoms. The molecule has 0 bridgehead atoms. The van der Waals surface area contributed by atoms with Gasteiger partial charge in [0.05, 0.1) is 0 Å². The summed E-state index contributed by atoms with van der Waals surface area (Å²) >= 11 is 7.50. The minimum atomic E-state index is 0.209. The van der Waals surface area contributed by atoms with Crippen LogP contribution in [0.4, 0.5) is 5.69 Å². The first kappa shape index (κ1) is 15.4. The van der Waals surface area contributed by atoms with Crippen molar-refractivity contribution in [1.29, 1.82) is 0 Å². The van der Waals surface area contributed by atoms with Gasteiger partial charge in [-0.25, -0.2) is 0 Å². The molecule has 1 aliphatic heterocycles. The van der Waals surface area contributed by atoms with E-state index >= 15 is 0 Å². The van der Waals surface area contributed by atoms with Gasteiger partial charge >= 0.3 is 0 Å². The summed E-state index contributed by atoms with van der Waals surface area (Å²) < 4.78 is 2.39. The molecule has 1 heterocycles. The van der Waals surface area contributed by atoms with Gasteiger partial charge < -0.3 is 4.90 Å². The molecule has 0 radical (unpaired) electrons. The molecular weight excluding hydrogens is 366 g/mol. The number of hydrogen-bond donors (Lipinski definition) is 0. The number of halogens is 2. The molecule has 3 heteroatoms. The lowest BCUT2D eigenvalue weighted by Crippen LogP contribution is -2.44. The highest BCUT2D eigenvalue weighted by molar-refractivity contribution is 9.13. The third-order valence-corrected chi connectivity index (χ3v) is 6.79. The van der Waals surface area contributed by atoms with Gasteiger partial charge in [-0.05, 0) is 68.3 Å². The predicted molar refractivity (Wildman–Crippen MR) is 91.2 cm³/mol. The molecule has 0 aliphatic carbocycles. The van der Waals surface area contributed by atoms with Crippen LogP contribution in [0.25, 0.3) is 0 Å². The van der Waals surface area contributed by atoms with Gasteiger partial charge in [-0.1, -0.05) is 27.7 Å². The van der Waals surface area contributed by atoms with Crippen LogP contribution in [0.3, 0.4) is 0 Å². The van der Waals surface area contributed by atoms with Crippen LogP contribution in [0.2, 0.25) is 0 Å². The number of rotatable bonds is 2. The molecule has 1 aromatic carbocycles. The summed E-state index contributed by atoms with van der Waals surface area (Å²) in [6.45, 7) is 13.9. The fraction of sp³-hybridized carbons (Fsp3) is 0.625. The highest BCUT2D eigenvalue weighted by atomic mass is 79.9. The second kappa shape index (κ2) is 5.07. The average Bonchev–Trinajstić information content (AvgIpc) is 2.69. The van der Waals surface area contributed by atoms with Crippen molar-refractivity contribution in [1.82, 2.24) is 0 Å². The lowest BCUT2D eigenvalue weighted by molar-refractivity contribution is 0.190. The molecule has 0 amide bonds. The maximum atomic E-state index is 3.82. The zero-order valence-electron chi connectivity index (χ0n) is 12.5. The van der Waals surface area contributed by atoms with E-state index in [0.717, 1.165) is 24.0 Å². The van der Waals surface area contributed by atoms with E-state index in [1.54, 1.807) is 0 Å². The summed E-state index contributed by atoms with van der Waals surface area (Å²) in [6, 6.07) is 4.41. The first-order valence-corrected chi connectivity index (χ1v) is 8.60. The van der Waals surface area contributed by atoms with Gasteiger partial charge in [0.25, 0.3) is 0 Å². The van der Waals surface area contributed by atoms with E-state index in [4.69, 9.17) is 0 Å². The quantitative estimate of drug-likeness (QED) is 0.623. The number of benzene rings is 1. The molecule has 0 N–H and O–H groups in total. The lowest BCUT2D eigenvalue weighted by Gasteiger charge is -2.42. The summed E-state index contributed by atoms with van der Waals surface area (Å²) in [5.74, 6) is 0. The van der Waals surface area contributed by atoms with Crippen LogP contribution in [-0.2, 0) is 5.41 Å². The van der Waals surface area contributed by atoms with E-state index in [1.807, 2.05) is 0 Å². The summed E-state index contributed by atoms with van der Waals surface area (Å²) in [5, 5.41) is 0. The van der Waals surface area contributed by atoms with Crippen molar-refractivity contribution >= 4 is 37.5 Å². The molecule has 0 fully saturated rings. The van der Waals surface area contributed by atoms with E-state index in [0.29, 0.717) is 0 Å². The topological polar surface area (TPSA) is 3.24 Å². The van der Waals surface area contributed by atoms with Crippen molar-refractivity contribution in [2.45, 2.75) is 46.5 Å². The smallest absolute Gasteiger partial charge is 0.0417 e. The largest absolute Gasteiger partial charge is 0.371 e. The normalized spacial score (nSPS) is 22.8. The Morgan fingerprint density at radius 3 is 2.32 bits per heavy atom. The van der Waals surface area contributed by atoms with Crippen molar-refractivity contribution in [3.8, 4) is 0 Å². The Morgan fingerprint density at radius 1 is 1.21 bits per heavy atom. The fourth-order valence-electron chi connectivity index (χ4n) is 3.46. The van der Waals surface area contributed by atoms with Crippen LogP contribution in [0.15, 0.2) is 21.1 Å². The number of nitrogens with zero attached hydrogens (tertiary/aromatic N) is 1. The van der Waals surface area contributed by atoms with Gasteiger partial charge in [0.2, 0.25) is 0 Å². The van der Waals surface area contributed by atoms with Crippen LogP contribution in [0, 0.1) is 5.41 Å². The molecule has 0 saturated carbocycles. The maximum Gasteiger partial charge on any atom is 0.0417 e. The van der Waals surface area contributed by atoms with Crippen molar-refractivity contribution in [3.63, 3.8) is 0 Å². The van der Waals surface area contributed by atoms with Crippen molar-refractivity contribution in [3.05, 3.63) is 26.6 Å². The van der Waals surface area contributed by atoms with E-state index in [9.17, 15) is 0 Å². The highest BCUT2D eigenvalue weighted by Gasteiger charge is 2.50. The Morgan fingerprint density at radius 2 is 1.84 bits per heavy atom. The molecule has 1 nitrogen and oxygen atoms in total. The second-order valence-electron chi connectivity index (χ2n) is 6.46. The minimum Gasteiger partial charge on any atom is -0.371 e. The number of likely N-dealkylation sites (N-methyl/N-ethyl adjacent to an activating group) is 1. The molecule has 0 aromatic heterocycles. The zero-order chi connectivity index (χ0) is 14.4. The van der Waals surface area contributed by atoms with E-state index < -0.39 is 0 Å². The maximum absolute atomic E-state index is 3.82. The second-order valence-corrected chi connectivity index (χ2v) is 8.10. The van der Waals surface area contributed by atoms with Gasteiger partial charge in [-0.2, -0.15) is 0 Å². The first-order chi connectivity index (χ1) is 8.78. The van der Waals surface area contributed by atoms with Gasteiger partial charge in [0, 0.05) is 33.1 Å². The van der Waals surface area contributed by atoms with Crippen molar-refractivity contribution in [2.24, 2.45) is 5.41 Å². The Balaban J connectivity index is 2.74. The third-order valence-electron chi connectivity index (χ3n) is 4.77. The highest BCUT2D eigenvalue weighted by Crippen LogP contribution is 2.56. The van der Waals surface area contributed by atoms with Gasteiger partial charge in [0.1, 0.15) is 0 Å². The predicted octanol–water partition coefficient (Wildman–Crippen LogP) is 5.75. The summed E-state index contributed by atoms with van der Waals surface area (Å²) in [6.07, 6.45) is 1.16. The molecule has 0 saturated heterocycles. The molecule has 1 unspecified atom stereocenters. The van der Waals surface area contributed by atoms with E-state index in [1.165, 1.54) is 15.7 Å².